The molecule has 1 fully saturated rings. The van der Waals surface area contributed by atoms with Gasteiger partial charge in [0, 0.05) is 16.4 Å². The smallest absolute Gasteiger partial charge is 0.254 e. The molecule has 3 amide bonds. The van der Waals surface area contributed by atoms with Crippen LogP contribution in [0.5, 0.6) is 0 Å². The second-order valence-electron chi connectivity index (χ2n) is 10.7. The van der Waals surface area contributed by atoms with E-state index in [1.165, 1.54) is 41.8 Å². The quantitative estimate of drug-likeness (QED) is 0.433. The van der Waals surface area contributed by atoms with E-state index in [0.717, 1.165) is 24.8 Å². The zero-order valence-electron chi connectivity index (χ0n) is 22.5. The molecule has 0 radical (unpaired) electrons. The summed E-state index contributed by atoms with van der Waals surface area (Å²) in [6.45, 7) is 5.33. The maximum atomic E-state index is 14.1. The normalized spacial score (nSPS) is 21.7. The molecular weight excluding hydrogens is 517 g/mol. The summed E-state index contributed by atoms with van der Waals surface area (Å²) in [5.74, 6) is -1.77. The summed E-state index contributed by atoms with van der Waals surface area (Å²) >= 11 is 1.47. The summed E-state index contributed by atoms with van der Waals surface area (Å²) in [5, 5.41) is 17.2. The van der Waals surface area contributed by atoms with Crippen molar-refractivity contribution in [1.82, 2.24) is 15.5 Å². The molecule has 1 aliphatic carbocycles. The average Bonchev–Trinajstić information content (AvgIpc) is 3.25. The first-order valence-corrected chi connectivity index (χ1v) is 14.3. The van der Waals surface area contributed by atoms with Gasteiger partial charge in [-0.3, -0.25) is 14.4 Å². The van der Waals surface area contributed by atoms with Crippen LogP contribution < -0.4 is 10.6 Å². The number of thioether (sulfide) groups is 1. The fourth-order valence-corrected chi connectivity index (χ4v) is 6.30. The van der Waals surface area contributed by atoms with Gasteiger partial charge in [-0.1, -0.05) is 48.6 Å². The summed E-state index contributed by atoms with van der Waals surface area (Å²) < 4.78 is 13.6. The Labute approximate surface area is 233 Å². The molecular formula is C30H36FN3O4S. The Bertz CT molecular complexity index is 1240. The van der Waals surface area contributed by atoms with Crippen LogP contribution in [-0.4, -0.2) is 62.6 Å². The van der Waals surface area contributed by atoms with Gasteiger partial charge in [-0.15, -0.1) is 11.8 Å². The van der Waals surface area contributed by atoms with Gasteiger partial charge in [0.1, 0.15) is 11.9 Å². The Balaban J connectivity index is 1.57. The van der Waals surface area contributed by atoms with E-state index in [1.807, 2.05) is 56.3 Å². The van der Waals surface area contributed by atoms with E-state index in [9.17, 15) is 23.9 Å². The number of rotatable bonds is 8. The highest BCUT2D eigenvalue weighted by molar-refractivity contribution is 8.00. The van der Waals surface area contributed by atoms with Crippen molar-refractivity contribution in [2.24, 2.45) is 0 Å². The number of carbonyl (C=O) groups excluding carboxylic acids is 3. The van der Waals surface area contributed by atoms with Crippen LogP contribution in [0.1, 0.15) is 54.6 Å². The van der Waals surface area contributed by atoms with Crippen LogP contribution in [0.15, 0.2) is 60.7 Å². The van der Waals surface area contributed by atoms with Gasteiger partial charge in [0.25, 0.3) is 11.8 Å². The first kappa shape index (κ1) is 28.8. The fourth-order valence-electron chi connectivity index (χ4n) is 5.16. The number of hydrogen-bond donors (Lipinski definition) is 3. The molecule has 2 aromatic rings. The molecule has 0 aromatic heterocycles. The summed E-state index contributed by atoms with van der Waals surface area (Å²) in [6.07, 6.45) is 5.38. The van der Waals surface area contributed by atoms with E-state index in [2.05, 4.69) is 10.6 Å². The maximum absolute atomic E-state index is 14.1. The van der Waals surface area contributed by atoms with Crippen LogP contribution in [0, 0.1) is 12.7 Å². The van der Waals surface area contributed by atoms with E-state index in [-0.39, 0.29) is 35.4 Å². The van der Waals surface area contributed by atoms with Crippen LogP contribution in [0.25, 0.3) is 0 Å². The van der Waals surface area contributed by atoms with Gasteiger partial charge in [-0.25, -0.2) is 4.39 Å². The number of allylic oxidation sites excluding steroid dienone is 1. The van der Waals surface area contributed by atoms with Gasteiger partial charge < -0.3 is 20.6 Å². The van der Waals surface area contributed by atoms with E-state index in [1.54, 1.807) is 0 Å². The number of halogens is 1. The first-order valence-electron chi connectivity index (χ1n) is 13.3. The van der Waals surface area contributed by atoms with E-state index in [4.69, 9.17) is 0 Å². The monoisotopic (exact) mass is 553 g/mol. The predicted molar refractivity (Wildman–Crippen MR) is 151 cm³/mol. The van der Waals surface area contributed by atoms with E-state index >= 15 is 0 Å². The molecule has 7 nitrogen and oxygen atoms in total. The topological polar surface area (TPSA) is 98.7 Å². The van der Waals surface area contributed by atoms with Crippen LogP contribution in [0.3, 0.4) is 0 Å². The number of nitrogens with zero attached hydrogens (tertiary/aromatic N) is 1. The summed E-state index contributed by atoms with van der Waals surface area (Å²) in [6, 6.07) is 11.5. The largest absolute Gasteiger partial charge is 0.381 e. The van der Waals surface area contributed by atoms with Crippen molar-refractivity contribution in [1.29, 1.82) is 0 Å². The highest BCUT2D eigenvalue weighted by atomic mass is 32.2. The van der Waals surface area contributed by atoms with Crippen LogP contribution in [-0.2, 0) is 16.0 Å². The maximum Gasteiger partial charge on any atom is 0.254 e. The van der Waals surface area contributed by atoms with Crippen LogP contribution in [0.2, 0.25) is 0 Å². The van der Waals surface area contributed by atoms with E-state index < -0.39 is 40.6 Å². The van der Waals surface area contributed by atoms with Crippen molar-refractivity contribution in [3.8, 4) is 0 Å². The molecule has 1 aliphatic heterocycles. The van der Waals surface area contributed by atoms with Crippen LogP contribution >= 0.6 is 11.8 Å². The van der Waals surface area contributed by atoms with Crippen molar-refractivity contribution in [3.63, 3.8) is 0 Å². The Morgan fingerprint density at radius 3 is 2.59 bits per heavy atom. The van der Waals surface area contributed by atoms with Crippen molar-refractivity contribution in [2.45, 2.75) is 75.4 Å². The van der Waals surface area contributed by atoms with Gasteiger partial charge in [0.05, 0.1) is 11.9 Å². The highest BCUT2D eigenvalue weighted by Gasteiger charge is 2.50. The molecule has 39 heavy (non-hydrogen) atoms. The molecule has 4 unspecified atom stereocenters. The number of aliphatic hydroxyl groups is 1. The van der Waals surface area contributed by atoms with Gasteiger partial charge in [-0.2, -0.15) is 0 Å². The van der Waals surface area contributed by atoms with Crippen molar-refractivity contribution in [2.75, 3.05) is 5.88 Å². The molecule has 0 saturated carbocycles. The first-order chi connectivity index (χ1) is 18.6. The third-order valence-corrected chi connectivity index (χ3v) is 8.80. The SMILES string of the molecule is Cc1c(F)cccc1C(=O)NC(Cc1ccccc1)C(O)C(=O)N1CSC(C)(C)C1C(=O)NC1C=CCCC1. The summed E-state index contributed by atoms with van der Waals surface area (Å²) in [7, 11) is 0. The number of nitrogens with one attached hydrogen (secondary N) is 2. The zero-order valence-corrected chi connectivity index (χ0v) is 23.3. The molecule has 9 heteroatoms. The average molecular weight is 554 g/mol. The third kappa shape index (κ3) is 6.70. The number of hydrogen-bond acceptors (Lipinski definition) is 5. The lowest BCUT2D eigenvalue weighted by molar-refractivity contribution is -0.147. The predicted octanol–water partition coefficient (Wildman–Crippen LogP) is 3.74. The number of amides is 3. The van der Waals surface area contributed by atoms with Crippen molar-refractivity contribution < 1.29 is 23.9 Å². The lowest BCUT2D eigenvalue weighted by Gasteiger charge is -2.34. The molecule has 3 N–H and O–H groups in total. The highest BCUT2D eigenvalue weighted by Crippen LogP contribution is 2.40. The lowest BCUT2D eigenvalue weighted by Crippen LogP contribution is -2.59. The standard InChI is InChI=1S/C30H36FN3O4S/c1-19-22(15-10-16-23(19)31)27(36)33-24(17-20-11-6-4-7-12-20)25(35)29(38)34-18-39-30(2,3)26(34)28(37)32-21-13-8-5-9-14-21/h4,6-8,10-13,15-16,21,24-26,35H,5,9,14,17-18H2,1-3H3,(H,32,37)(H,33,36). The van der Waals surface area contributed by atoms with Gasteiger partial charge in [-0.05, 0) is 69.7 Å². The second kappa shape index (κ2) is 12.3. The molecule has 1 saturated heterocycles. The number of aliphatic hydroxyl groups excluding tert-OH is 1. The Kier molecular flexibility index (Phi) is 9.12. The third-order valence-electron chi connectivity index (χ3n) is 7.42. The minimum Gasteiger partial charge on any atom is -0.381 e. The number of carbonyl (C=O) groups is 3. The summed E-state index contributed by atoms with van der Waals surface area (Å²) in [5.41, 5.74) is 1.11. The Hall–Kier alpha value is -3.17. The number of benzene rings is 2. The minimum absolute atomic E-state index is 0.0887. The van der Waals surface area contributed by atoms with Gasteiger partial charge in [0.15, 0.2) is 6.10 Å². The molecule has 0 bridgehead atoms. The fraction of sp³-hybridized carbons (Fsp3) is 0.433. The Morgan fingerprint density at radius 2 is 1.90 bits per heavy atom. The van der Waals surface area contributed by atoms with Crippen molar-refractivity contribution in [3.05, 3.63) is 83.2 Å². The molecule has 2 aliphatic rings. The summed E-state index contributed by atoms with van der Waals surface area (Å²) in [4.78, 5) is 41.8. The molecule has 2 aromatic carbocycles. The van der Waals surface area contributed by atoms with Crippen molar-refractivity contribution >= 4 is 29.5 Å². The molecule has 208 valence electrons. The zero-order chi connectivity index (χ0) is 28.2. The molecule has 1 heterocycles. The van der Waals surface area contributed by atoms with Gasteiger partial charge in [0.2, 0.25) is 5.91 Å². The Morgan fingerprint density at radius 1 is 1.15 bits per heavy atom. The molecule has 4 atom stereocenters. The van der Waals surface area contributed by atoms with Crippen LogP contribution in [0.4, 0.5) is 4.39 Å². The van der Waals surface area contributed by atoms with Gasteiger partial charge >= 0.3 is 0 Å². The van der Waals surface area contributed by atoms with E-state index in [0.29, 0.717) is 0 Å². The lowest BCUT2D eigenvalue weighted by atomic mass is 9.96. The molecule has 0 spiro atoms. The molecule has 4 rings (SSSR count). The minimum atomic E-state index is -1.62. The second-order valence-corrected chi connectivity index (χ2v) is 12.3.